The summed E-state index contributed by atoms with van der Waals surface area (Å²) in [5.41, 5.74) is 3.49. The number of cyclic esters (lactones) is 1. The van der Waals surface area contributed by atoms with Gasteiger partial charge in [-0.3, -0.25) is 14.7 Å². The van der Waals surface area contributed by atoms with Crippen molar-refractivity contribution in [1.29, 1.82) is 0 Å². The summed E-state index contributed by atoms with van der Waals surface area (Å²) >= 11 is 6.35. The van der Waals surface area contributed by atoms with Crippen LogP contribution in [0.15, 0.2) is 18.3 Å². The second-order valence-electron chi connectivity index (χ2n) is 8.45. The fraction of sp³-hybridized carbons (Fsp3) is 0.455. The number of pyridine rings is 2. The molecule has 2 atom stereocenters. The zero-order valence-corrected chi connectivity index (χ0v) is 18.7. The summed E-state index contributed by atoms with van der Waals surface area (Å²) in [5.74, 6) is 0.966. The van der Waals surface area contributed by atoms with E-state index in [-0.39, 0.29) is 18.6 Å². The van der Waals surface area contributed by atoms with Gasteiger partial charge in [-0.1, -0.05) is 11.6 Å². The molecule has 5 rings (SSSR count). The third-order valence-corrected chi connectivity index (χ3v) is 6.70. The Morgan fingerprint density at radius 1 is 1.28 bits per heavy atom. The smallest absolute Gasteiger partial charge is 0.415 e. The first kappa shape index (κ1) is 21.0. The van der Waals surface area contributed by atoms with Gasteiger partial charge in [0.15, 0.2) is 18.2 Å². The number of aryl methyl sites for hydroxylation is 1. The third-order valence-electron chi connectivity index (χ3n) is 6.38. The molecular weight excluding hydrogens is 434 g/mol. The van der Waals surface area contributed by atoms with E-state index in [2.05, 4.69) is 27.2 Å². The highest BCUT2D eigenvalue weighted by atomic mass is 35.5. The van der Waals surface area contributed by atoms with Gasteiger partial charge in [0.1, 0.15) is 11.9 Å². The van der Waals surface area contributed by atoms with Gasteiger partial charge in [0.05, 0.1) is 11.6 Å². The van der Waals surface area contributed by atoms with Gasteiger partial charge in [-0.05, 0) is 56.5 Å². The second kappa shape index (κ2) is 8.22. The fourth-order valence-electron chi connectivity index (χ4n) is 4.51. The van der Waals surface area contributed by atoms with Crippen molar-refractivity contribution in [3.63, 3.8) is 0 Å². The number of nitrogens with zero attached hydrogens (tertiary/aromatic N) is 4. The Labute approximate surface area is 190 Å². The maximum absolute atomic E-state index is 12.5. The Bertz CT molecular complexity index is 1060. The minimum atomic E-state index is -0.435. The zero-order chi connectivity index (χ0) is 22.4. The first-order valence-corrected chi connectivity index (χ1v) is 11.0. The van der Waals surface area contributed by atoms with Crippen molar-refractivity contribution in [2.75, 3.05) is 37.0 Å². The van der Waals surface area contributed by atoms with Crippen LogP contribution in [-0.2, 0) is 22.4 Å². The number of likely N-dealkylation sites (N-methyl/N-ethyl adjacent to an activating group) is 1. The molecule has 32 heavy (non-hydrogen) atoms. The summed E-state index contributed by atoms with van der Waals surface area (Å²) in [4.78, 5) is 36.5. The maximum Gasteiger partial charge on any atom is 0.415 e. The average Bonchev–Trinajstić information content (AvgIpc) is 3.39. The van der Waals surface area contributed by atoms with Crippen molar-refractivity contribution < 1.29 is 19.1 Å². The molecule has 0 spiro atoms. The highest BCUT2D eigenvalue weighted by Crippen LogP contribution is 2.33. The second-order valence-corrected chi connectivity index (χ2v) is 8.86. The maximum atomic E-state index is 12.5. The van der Waals surface area contributed by atoms with E-state index in [9.17, 15) is 9.59 Å². The van der Waals surface area contributed by atoms with E-state index in [1.165, 1.54) is 16.0 Å². The van der Waals surface area contributed by atoms with E-state index in [0.717, 1.165) is 30.1 Å². The van der Waals surface area contributed by atoms with Gasteiger partial charge in [0, 0.05) is 24.5 Å². The van der Waals surface area contributed by atoms with Gasteiger partial charge >= 0.3 is 6.09 Å². The van der Waals surface area contributed by atoms with Crippen molar-refractivity contribution in [2.45, 2.75) is 38.3 Å². The Kier molecular flexibility index (Phi) is 5.38. The molecule has 1 fully saturated rings. The number of carbonyl (C=O) groups excluding carboxylic acids is 2. The van der Waals surface area contributed by atoms with Gasteiger partial charge in [0.25, 0.3) is 5.91 Å². The Balaban J connectivity index is 1.19. The number of fused-ring (bicyclic) bond motifs is 2. The molecule has 0 saturated carbocycles. The molecule has 168 valence electrons. The summed E-state index contributed by atoms with van der Waals surface area (Å²) < 4.78 is 10.9. The molecule has 1 N–H and O–H groups in total. The molecule has 10 heteroatoms. The number of hydrogen-bond donors (Lipinski definition) is 1. The molecule has 0 aromatic carbocycles. The Hall–Kier alpha value is -2.91. The summed E-state index contributed by atoms with van der Waals surface area (Å²) in [6.07, 6.45) is 3.60. The van der Waals surface area contributed by atoms with Crippen molar-refractivity contribution in [1.82, 2.24) is 14.9 Å². The van der Waals surface area contributed by atoms with Gasteiger partial charge in [0.2, 0.25) is 0 Å². The average molecular weight is 458 g/mol. The molecule has 1 aliphatic carbocycles. The zero-order valence-electron chi connectivity index (χ0n) is 17.9. The molecule has 3 aliphatic rings. The summed E-state index contributed by atoms with van der Waals surface area (Å²) in [5, 5.41) is 3.40. The molecule has 4 heterocycles. The highest BCUT2D eigenvalue weighted by Gasteiger charge is 2.35. The summed E-state index contributed by atoms with van der Waals surface area (Å²) in [6, 6.07) is 3.75. The van der Waals surface area contributed by atoms with Crippen LogP contribution >= 0.6 is 11.6 Å². The van der Waals surface area contributed by atoms with Crippen LogP contribution in [-0.4, -0.2) is 65.8 Å². The van der Waals surface area contributed by atoms with Crippen LogP contribution in [0.25, 0.3) is 0 Å². The number of amides is 2. The minimum absolute atomic E-state index is 0.0380. The van der Waals surface area contributed by atoms with Crippen molar-refractivity contribution in [2.24, 2.45) is 0 Å². The molecule has 0 radical (unpaired) electrons. The number of anilines is 2. The number of halogens is 1. The molecular formula is C22H24ClN5O4. The van der Waals surface area contributed by atoms with E-state index < -0.39 is 6.09 Å². The van der Waals surface area contributed by atoms with Crippen molar-refractivity contribution >= 4 is 35.2 Å². The number of ether oxygens (including phenoxy) is 2. The normalized spacial score (nSPS) is 21.8. The summed E-state index contributed by atoms with van der Waals surface area (Å²) in [6.45, 7) is 3.18. The van der Waals surface area contributed by atoms with E-state index in [0.29, 0.717) is 36.4 Å². The Morgan fingerprint density at radius 3 is 2.91 bits per heavy atom. The van der Waals surface area contributed by atoms with Gasteiger partial charge in [-0.15, -0.1) is 0 Å². The molecule has 2 aromatic rings. The molecule has 2 unspecified atom stereocenters. The predicted octanol–water partition coefficient (Wildman–Crippen LogP) is 2.58. The quantitative estimate of drug-likeness (QED) is 0.737. The van der Waals surface area contributed by atoms with Gasteiger partial charge in [-0.2, -0.15) is 0 Å². The topological polar surface area (TPSA) is 96.9 Å². The van der Waals surface area contributed by atoms with Crippen molar-refractivity contribution in [3.8, 4) is 5.75 Å². The van der Waals surface area contributed by atoms with Crippen LogP contribution in [0.4, 0.5) is 16.4 Å². The van der Waals surface area contributed by atoms with Gasteiger partial charge < -0.3 is 19.7 Å². The van der Waals surface area contributed by atoms with E-state index in [1.54, 1.807) is 18.3 Å². The number of nitrogens with one attached hydrogen (secondary N) is 1. The SMILES string of the molecule is Cc1ncc(Cl)c2c1CC(N(C)CCC1CN(c3ccc4c(n3)NC(=O)CO4)C(=O)O1)C2. The van der Waals surface area contributed by atoms with Crippen LogP contribution in [0, 0.1) is 6.92 Å². The summed E-state index contributed by atoms with van der Waals surface area (Å²) in [7, 11) is 2.09. The molecule has 2 amide bonds. The van der Waals surface area contributed by atoms with E-state index >= 15 is 0 Å². The lowest BCUT2D eigenvalue weighted by Crippen LogP contribution is -2.35. The lowest BCUT2D eigenvalue weighted by atomic mass is 10.1. The van der Waals surface area contributed by atoms with E-state index in [1.807, 2.05) is 6.92 Å². The standard InChI is InChI=1S/C22H24ClN5O4/c1-12-15-7-13(8-16(15)17(23)9-24-12)27(2)6-5-14-10-28(22(30)32-14)19-4-3-18-21(25-19)26-20(29)11-31-18/h3-4,9,13-14H,5-8,10-11H2,1-2H3,(H,25,26,29). The minimum Gasteiger partial charge on any atom is -0.480 e. The molecule has 0 bridgehead atoms. The molecule has 9 nitrogen and oxygen atoms in total. The number of aromatic nitrogens is 2. The number of hydrogen-bond acceptors (Lipinski definition) is 7. The van der Waals surface area contributed by atoms with Crippen LogP contribution in [0.3, 0.4) is 0 Å². The van der Waals surface area contributed by atoms with Crippen LogP contribution in [0.1, 0.15) is 23.2 Å². The monoisotopic (exact) mass is 457 g/mol. The molecule has 1 saturated heterocycles. The number of carbonyl (C=O) groups is 2. The van der Waals surface area contributed by atoms with Crippen LogP contribution in [0.2, 0.25) is 5.02 Å². The third kappa shape index (κ3) is 3.86. The lowest BCUT2D eigenvalue weighted by molar-refractivity contribution is -0.118. The van der Waals surface area contributed by atoms with Crippen LogP contribution in [0.5, 0.6) is 5.75 Å². The van der Waals surface area contributed by atoms with Crippen LogP contribution < -0.4 is 15.0 Å². The predicted molar refractivity (Wildman–Crippen MR) is 118 cm³/mol. The molecule has 2 aliphatic heterocycles. The molecule has 2 aromatic heterocycles. The highest BCUT2D eigenvalue weighted by molar-refractivity contribution is 6.31. The Morgan fingerprint density at radius 2 is 2.09 bits per heavy atom. The number of rotatable bonds is 5. The largest absolute Gasteiger partial charge is 0.480 e. The van der Waals surface area contributed by atoms with Crippen molar-refractivity contribution in [3.05, 3.63) is 40.2 Å². The van der Waals surface area contributed by atoms with E-state index in [4.69, 9.17) is 21.1 Å². The lowest BCUT2D eigenvalue weighted by Gasteiger charge is -2.25. The van der Waals surface area contributed by atoms with Gasteiger partial charge in [-0.25, -0.2) is 9.78 Å². The fourth-order valence-corrected chi connectivity index (χ4v) is 4.75. The first-order valence-electron chi connectivity index (χ1n) is 10.6. The first-order chi connectivity index (χ1) is 15.4.